The van der Waals surface area contributed by atoms with Crippen molar-refractivity contribution in [3.05, 3.63) is 65.7 Å². The first-order valence-corrected chi connectivity index (χ1v) is 9.39. The molecule has 1 aliphatic heterocycles. The van der Waals surface area contributed by atoms with Crippen LogP contribution in [0.5, 0.6) is 5.75 Å². The zero-order valence-corrected chi connectivity index (χ0v) is 15.7. The Bertz CT molecular complexity index is 668. The Labute approximate surface area is 156 Å². The number of aliphatic hydroxyl groups is 1. The van der Waals surface area contributed by atoms with Crippen LogP contribution in [0.3, 0.4) is 0 Å². The SMILES string of the molecule is CC[C@](O)(c1ccc(OC)cc1)[C@H](CN1CCOCC1)c1ccccc1. The lowest BCUT2D eigenvalue weighted by Crippen LogP contribution is -2.44. The summed E-state index contributed by atoms with van der Waals surface area (Å²) in [5, 5.41) is 11.8. The number of morpholine rings is 1. The molecule has 2 aromatic rings. The summed E-state index contributed by atoms with van der Waals surface area (Å²) < 4.78 is 10.8. The quantitative estimate of drug-likeness (QED) is 0.826. The third kappa shape index (κ3) is 4.09. The standard InChI is InChI=1S/C22H29NO3/c1-3-22(24,19-9-11-20(25-2)12-10-19)21(18-7-5-4-6-8-18)17-23-13-15-26-16-14-23/h4-12,21,24H,3,13-17H2,1-2H3/t21-,22+/m1/s1. The van der Waals surface area contributed by atoms with Gasteiger partial charge in [-0.05, 0) is 29.7 Å². The summed E-state index contributed by atoms with van der Waals surface area (Å²) in [6, 6.07) is 18.2. The van der Waals surface area contributed by atoms with Gasteiger partial charge >= 0.3 is 0 Å². The van der Waals surface area contributed by atoms with Gasteiger partial charge in [-0.1, -0.05) is 49.4 Å². The first-order chi connectivity index (χ1) is 12.7. The number of hydrogen-bond acceptors (Lipinski definition) is 4. The Morgan fingerprint density at radius 2 is 1.73 bits per heavy atom. The summed E-state index contributed by atoms with van der Waals surface area (Å²) in [7, 11) is 1.66. The number of hydrogen-bond donors (Lipinski definition) is 1. The average molecular weight is 355 g/mol. The van der Waals surface area contributed by atoms with Crippen molar-refractivity contribution in [3.8, 4) is 5.75 Å². The molecular formula is C22H29NO3. The molecule has 0 amide bonds. The molecule has 140 valence electrons. The van der Waals surface area contributed by atoms with Crippen LogP contribution < -0.4 is 4.74 Å². The maximum Gasteiger partial charge on any atom is 0.118 e. The van der Waals surface area contributed by atoms with Gasteiger partial charge in [-0.3, -0.25) is 4.90 Å². The van der Waals surface area contributed by atoms with Crippen molar-refractivity contribution in [3.63, 3.8) is 0 Å². The summed E-state index contributed by atoms with van der Waals surface area (Å²) in [5.41, 5.74) is 1.16. The Morgan fingerprint density at radius 3 is 2.31 bits per heavy atom. The fourth-order valence-electron chi connectivity index (χ4n) is 3.79. The molecule has 3 rings (SSSR count). The van der Waals surface area contributed by atoms with Crippen molar-refractivity contribution in [2.24, 2.45) is 0 Å². The van der Waals surface area contributed by atoms with E-state index in [9.17, 15) is 5.11 Å². The summed E-state index contributed by atoms with van der Waals surface area (Å²) in [6.07, 6.45) is 0.642. The van der Waals surface area contributed by atoms with E-state index in [1.807, 2.05) is 42.5 Å². The monoisotopic (exact) mass is 355 g/mol. The van der Waals surface area contributed by atoms with Gasteiger partial charge in [-0.15, -0.1) is 0 Å². The maximum atomic E-state index is 11.8. The van der Waals surface area contributed by atoms with E-state index in [0.29, 0.717) is 6.42 Å². The van der Waals surface area contributed by atoms with Crippen LogP contribution in [0.4, 0.5) is 0 Å². The van der Waals surface area contributed by atoms with Gasteiger partial charge in [0.15, 0.2) is 0 Å². The van der Waals surface area contributed by atoms with Gasteiger partial charge in [-0.2, -0.15) is 0 Å². The van der Waals surface area contributed by atoms with Crippen LogP contribution in [-0.2, 0) is 10.3 Å². The Morgan fingerprint density at radius 1 is 1.08 bits per heavy atom. The first-order valence-electron chi connectivity index (χ1n) is 9.39. The molecule has 0 aliphatic carbocycles. The van der Waals surface area contributed by atoms with E-state index < -0.39 is 5.60 Å². The number of methoxy groups -OCH3 is 1. The lowest BCUT2D eigenvalue weighted by molar-refractivity contribution is -0.0250. The third-order valence-corrected chi connectivity index (χ3v) is 5.45. The molecule has 0 aromatic heterocycles. The lowest BCUT2D eigenvalue weighted by Gasteiger charge is -2.40. The van der Waals surface area contributed by atoms with E-state index in [1.54, 1.807) is 7.11 Å². The number of nitrogens with zero attached hydrogens (tertiary/aromatic N) is 1. The van der Waals surface area contributed by atoms with Gasteiger partial charge in [0.2, 0.25) is 0 Å². The van der Waals surface area contributed by atoms with Crippen LogP contribution in [0.15, 0.2) is 54.6 Å². The molecule has 1 fully saturated rings. The second-order valence-corrected chi connectivity index (χ2v) is 6.88. The van der Waals surface area contributed by atoms with Crippen LogP contribution in [0.2, 0.25) is 0 Å². The molecule has 0 spiro atoms. The van der Waals surface area contributed by atoms with Crippen LogP contribution in [0, 0.1) is 0 Å². The van der Waals surface area contributed by atoms with Crippen molar-refractivity contribution in [1.82, 2.24) is 4.90 Å². The molecule has 26 heavy (non-hydrogen) atoms. The van der Waals surface area contributed by atoms with Gasteiger partial charge in [0.1, 0.15) is 5.75 Å². The molecule has 4 heteroatoms. The van der Waals surface area contributed by atoms with Gasteiger partial charge in [-0.25, -0.2) is 0 Å². The smallest absolute Gasteiger partial charge is 0.118 e. The summed E-state index contributed by atoms with van der Waals surface area (Å²) in [4.78, 5) is 2.39. The van der Waals surface area contributed by atoms with Crippen molar-refractivity contribution >= 4 is 0 Å². The van der Waals surface area contributed by atoms with Gasteiger partial charge in [0, 0.05) is 25.6 Å². The van der Waals surface area contributed by atoms with E-state index in [-0.39, 0.29) is 5.92 Å². The molecule has 2 aromatic carbocycles. The molecule has 0 radical (unpaired) electrons. The number of ether oxygens (including phenoxy) is 2. The second kappa shape index (κ2) is 8.67. The fourth-order valence-corrected chi connectivity index (χ4v) is 3.79. The number of benzene rings is 2. The minimum absolute atomic E-state index is 0.0137. The highest BCUT2D eigenvalue weighted by Gasteiger charge is 2.39. The summed E-state index contributed by atoms with van der Waals surface area (Å²) >= 11 is 0. The average Bonchev–Trinajstić information content (AvgIpc) is 2.73. The van der Waals surface area contributed by atoms with Crippen molar-refractivity contribution in [2.45, 2.75) is 24.9 Å². The first kappa shape index (κ1) is 18.9. The van der Waals surface area contributed by atoms with E-state index >= 15 is 0 Å². The normalized spacial score (nSPS) is 18.9. The van der Waals surface area contributed by atoms with Crippen LogP contribution >= 0.6 is 0 Å². The summed E-state index contributed by atoms with van der Waals surface area (Å²) in [6.45, 7) is 6.20. The zero-order valence-electron chi connectivity index (χ0n) is 15.7. The Kier molecular flexibility index (Phi) is 6.30. The Hall–Kier alpha value is -1.88. The van der Waals surface area contributed by atoms with Crippen molar-refractivity contribution in [2.75, 3.05) is 40.0 Å². The predicted octanol–water partition coefficient (Wildman–Crippen LogP) is 3.41. The minimum Gasteiger partial charge on any atom is -0.497 e. The molecular weight excluding hydrogens is 326 g/mol. The maximum absolute atomic E-state index is 11.8. The highest BCUT2D eigenvalue weighted by Crippen LogP contribution is 2.41. The van der Waals surface area contributed by atoms with Crippen molar-refractivity contribution < 1.29 is 14.6 Å². The molecule has 1 saturated heterocycles. The highest BCUT2D eigenvalue weighted by molar-refractivity contribution is 5.35. The molecule has 0 bridgehead atoms. The van der Waals surface area contributed by atoms with Crippen molar-refractivity contribution in [1.29, 1.82) is 0 Å². The Balaban J connectivity index is 1.95. The highest BCUT2D eigenvalue weighted by atomic mass is 16.5. The number of rotatable bonds is 7. The molecule has 1 heterocycles. The fraction of sp³-hybridized carbons (Fsp3) is 0.455. The van der Waals surface area contributed by atoms with Gasteiger partial charge in [0.25, 0.3) is 0 Å². The predicted molar refractivity (Wildman–Crippen MR) is 104 cm³/mol. The lowest BCUT2D eigenvalue weighted by atomic mass is 9.75. The van der Waals surface area contributed by atoms with Crippen LogP contribution in [-0.4, -0.2) is 50.0 Å². The largest absolute Gasteiger partial charge is 0.497 e. The summed E-state index contributed by atoms with van der Waals surface area (Å²) in [5.74, 6) is 0.789. The molecule has 4 nitrogen and oxygen atoms in total. The van der Waals surface area contributed by atoms with E-state index in [0.717, 1.165) is 44.2 Å². The molecule has 0 unspecified atom stereocenters. The molecule has 1 N–H and O–H groups in total. The van der Waals surface area contributed by atoms with Crippen LogP contribution in [0.25, 0.3) is 0 Å². The second-order valence-electron chi connectivity index (χ2n) is 6.88. The van der Waals surface area contributed by atoms with E-state index in [4.69, 9.17) is 9.47 Å². The van der Waals surface area contributed by atoms with E-state index in [2.05, 4.69) is 24.0 Å². The minimum atomic E-state index is -0.939. The van der Waals surface area contributed by atoms with Gasteiger partial charge < -0.3 is 14.6 Å². The molecule has 0 saturated carbocycles. The van der Waals surface area contributed by atoms with Crippen LogP contribution in [0.1, 0.15) is 30.4 Å². The van der Waals surface area contributed by atoms with Gasteiger partial charge in [0.05, 0.1) is 25.9 Å². The molecule has 2 atom stereocenters. The zero-order chi connectivity index (χ0) is 18.4. The third-order valence-electron chi connectivity index (χ3n) is 5.45. The topological polar surface area (TPSA) is 41.9 Å². The van der Waals surface area contributed by atoms with E-state index in [1.165, 1.54) is 5.56 Å². The molecule has 1 aliphatic rings.